The summed E-state index contributed by atoms with van der Waals surface area (Å²) in [5, 5.41) is 0. The number of benzene rings is 1. The Kier molecular flexibility index (Phi) is 4.34. The molecule has 1 fully saturated rings. The zero-order chi connectivity index (χ0) is 11.8. The number of halogens is 1. The van der Waals surface area contributed by atoms with Crippen molar-refractivity contribution in [1.82, 2.24) is 3.53 Å². The Labute approximate surface area is 128 Å². The van der Waals surface area contributed by atoms with Crippen LogP contribution in [0.3, 0.4) is 0 Å². The van der Waals surface area contributed by atoms with Crippen LogP contribution in [0.15, 0.2) is 18.2 Å². The van der Waals surface area contributed by atoms with Crippen molar-refractivity contribution in [3.8, 4) is 17.2 Å². The maximum absolute atomic E-state index is 11.8. The molecule has 2 aliphatic rings. The molecule has 7 heteroatoms. The van der Waals surface area contributed by atoms with Crippen LogP contribution in [0.4, 0.5) is 0 Å². The Morgan fingerprint density at radius 2 is 2.33 bits per heavy atom. The molecular formula is C11H10INO4Rh-2. The molecule has 3 rings (SSSR count). The zero-order valence-corrected chi connectivity index (χ0v) is 13.2. The third-order valence-corrected chi connectivity index (χ3v) is 4.66. The van der Waals surface area contributed by atoms with Crippen molar-refractivity contribution in [3.05, 3.63) is 24.1 Å². The van der Waals surface area contributed by atoms with E-state index in [2.05, 4.69) is 3.53 Å². The van der Waals surface area contributed by atoms with Crippen molar-refractivity contribution >= 4 is 5.97 Å². The molecule has 1 unspecified atom stereocenters. The number of carbonyl (C=O) groups excluding carboxylic acids is 1. The van der Waals surface area contributed by atoms with Gasteiger partial charge in [0.1, 0.15) is 0 Å². The Hall–Kier alpha value is -0.527. The van der Waals surface area contributed by atoms with Gasteiger partial charge in [-0.25, -0.2) is 0 Å². The molecule has 101 valence electrons. The van der Waals surface area contributed by atoms with Crippen molar-refractivity contribution in [1.29, 1.82) is 0 Å². The summed E-state index contributed by atoms with van der Waals surface area (Å²) in [6, 6.07) is 5.26. The average molecular weight is 450 g/mol. The SMILES string of the molecule is C[C-](C(=O)Oc1cccc2c1OCO2)C1N[I-]1.[Rh]. The first-order chi connectivity index (χ1) is 8.25. The number of carbonyl (C=O) groups is 1. The number of rotatable bonds is 3. The van der Waals surface area contributed by atoms with Gasteiger partial charge in [0.25, 0.3) is 0 Å². The molecule has 0 saturated carbocycles. The molecule has 1 saturated heterocycles. The maximum Gasteiger partial charge on any atom is 0 e. The largest absolute Gasteiger partial charge is 0 e. The molecule has 1 atom stereocenters. The van der Waals surface area contributed by atoms with Crippen molar-refractivity contribution in [2.45, 2.75) is 11.0 Å². The van der Waals surface area contributed by atoms with E-state index in [0.717, 1.165) is 5.92 Å². The fourth-order valence-corrected chi connectivity index (χ4v) is 2.83. The van der Waals surface area contributed by atoms with Crippen LogP contribution < -0.4 is 39.2 Å². The van der Waals surface area contributed by atoms with E-state index in [1.165, 1.54) is 0 Å². The van der Waals surface area contributed by atoms with Gasteiger partial charge in [-0.1, -0.05) is 0 Å². The quantitative estimate of drug-likeness (QED) is 0.0655. The summed E-state index contributed by atoms with van der Waals surface area (Å²) in [6.45, 7) is 1.97. The van der Waals surface area contributed by atoms with Crippen molar-refractivity contribution < 1.29 is 60.0 Å². The molecule has 0 bridgehead atoms. The molecule has 0 amide bonds. The van der Waals surface area contributed by atoms with E-state index < -0.39 is 0 Å². The second kappa shape index (κ2) is 5.63. The molecule has 0 spiro atoms. The Morgan fingerprint density at radius 1 is 1.56 bits per heavy atom. The summed E-state index contributed by atoms with van der Waals surface area (Å²) in [7, 11) is 0. The van der Waals surface area contributed by atoms with Crippen LogP contribution in [0, 0.1) is 5.92 Å². The monoisotopic (exact) mass is 450 g/mol. The molecule has 2 aliphatic heterocycles. The third-order valence-electron chi connectivity index (χ3n) is 2.48. The first-order valence-corrected chi connectivity index (χ1v) is 7.40. The van der Waals surface area contributed by atoms with Gasteiger partial charge in [-0.2, -0.15) is 0 Å². The molecule has 18 heavy (non-hydrogen) atoms. The first kappa shape index (κ1) is 13.9. The topological polar surface area (TPSA) is 66.7 Å². The van der Waals surface area contributed by atoms with Crippen molar-refractivity contribution in [2.75, 3.05) is 6.79 Å². The van der Waals surface area contributed by atoms with E-state index in [9.17, 15) is 4.79 Å². The number of hydrogen-bond donors (Lipinski definition) is 1. The van der Waals surface area contributed by atoms with Gasteiger partial charge in [0.05, 0.1) is 0 Å². The fraction of sp³-hybridized carbons (Fsp3) is 0.273. The van der Waals surface area contributed by atoms with Crippen LogP contribution in [-0.4, -0.2) is 16.8 Å². The van der Waals surface area contributed by atoms with Crippen molar-refractivity contribution in [2.24, 2.45) is 0 Å². The normalized spacial score (nSPS) is 19.3. The van der Waals surface area contributed by atoms with Gasteiger partial charge in [0.15, 0.2) is 0 Å². The molecule has 1 N–H and O–H groups in total. The minimum absolute atomic E-state index is 0. The summed E-state index contributed by atoms with van der Waals surface area (Å²) >= 11 is -0.0255. The van der Waals surface area contributed by atoms with Gasteiger partial charge in [-0.3, -0.25) is 0 Å². The van der Waals surface area contributed by atoms with Crippen LogP contribution >= 0.6 is 0 Å². The second-order valence-electron chi connectivity index (χ2n) is 3.64. The Balaban J connectivity index is 0.00000120. The van der Waals surface area contributed by atoms with E-state index >= 15 is 0 Å². The van der Waals surface area contributed by atoms with Crippen LogP contribution in [0.2, 0.25) is 0 Å². The number of para-hydroxylation sites is 1. The molecule has 0 aromatic heterocycles. The third kappa shape index (κ3) is 2.73. The van der Waals surface area contributed by atoms with Crippen LogP contribution in [-0.2, 0) is 24.3 Å². The number of hydrogen-bond acceptors (Lipinski definition) is 5. The number of alkyl halides is 1. The van der Waals surface area contributed by atoms with Crippen molar-refractivity contribution in [3.63, 3.8) is 0 Å². The van der Waals surface area contributed by atoms with E-state index in [4.69, 9.17) is 14.2 Å². The van der Waals surface area contributed by atoms with E-state index in [0.29, 0.717) is 17.2 Å². The minimum Gasteiger partial charge on any atom is 0 e. The molecular weight excluding hydrogens is 440 g/mol. The summed E-state index contributed by atoms with van der Waals surface area (Å²) < 4.78 is 19.2. The predicted molar refractivity (Wildman–Crippen MR) is 54.0 cm³/mol. The second-order valence-corrected chi connectivity index (χ2v) is 6.13. The van der Waals surface area contributed by atoms with E-state index in [1.807, 2.05) is 0 Å². The molecule has 0 aliphatic carbocycles. The molecule has 1 aromatic rings. The van der Waals surface area contributed by atoms with Gasteiger partial charge in [-0.05, 0) is 0 Å². The number of nitrogens with one attached hydrogen (secondary N) is 1. The molecule has 1 radical (unpaired) electrons. The maximum atomic E-state index is 11.8. The molecule has 5 nitrogen and oxygen atoms in total. The minimum atomic E-state index is -0.302. The summed E-state index contributed by atoms with van der Waals surface area (Å²) in [4.78, 5) is 11.8. The van der Waals surface area contributed by atoms with E-state index in [-0.39, 0.29) is 57.8 Å². The van der Waals surface area contributed by atoms with Gasteiger partial charge < -0.3 is 0 Å². The van der Waals surface area contributed by atoms with Gasteiger partial charge in [-0.15, -0.1) is 0 Å². The van der Waals surface area contributed by atoms with Crippen LogP contribution in [0.25, 0.3) is 0 Å². The Morgan fingerprint density at radius 3 is 3.06 bits per heavy atom. The zero-order valence-electron chi connectivity index (χ0n) is 9.36. The summed E-state index contributed by atoms with van der Waals surface area (Å²) in [5.74, 6) is 1.97. The summed E-state index contributed by atoms with van der Waals surface area (Å²) in [6.07, 6.45) is 0. The number of fused-ring (bicyclic) bond motifs is 1. The van der Waals surface area contributed by atoms with Crippen LogP contribution in [0.5, 0.6) is 17.2 Å². The Bertz CT molecular complexity index is 466. The number of ether oxygens (including phenoxy) is 3. The van der Waals surface area contributed by atoms with Crippen LogP contribution in [0.1, 0.15) is 6.92 Å². The van der Waals surface area contributed by atoms with E-state index in [1.54, 1.807) is 25.1 Å². The first-order valence-electron chi connectivity index (χ1n) is 5.08. The smallest absolute Gasteiger partial charge is 0 e. The molecule has 2 heterocycles. The van der Waals surface area contributed by atoms with Gasteiger partial charge in [0, 0.05) is 19.5 Å². The standard InChI is InChI=1S/C11H10INO4.Rh/c1-6(10-12-13-10)11(14)17-8-4-2-3-7-9(8)16-5-15-7;/h2-4,10,13H,5H2,1H3;/q-2;. The summed E-state index contributed by atoms with van der Waals surface area (Å²) in [5.41, 5.74) is 0. The molecule has 1 aromatic carbocycles. The van der Waals surface area contributed by atoms with Gasteiger partial charge in [0.2, 0.25) is 0 Å². The van der Waals surface area contributed by atoms with Gasteiger partial charge >= 0.3 is 109 Å². The average Bonchev–Trinajstić information content (AvgIpc) is 3.06. The predicted octanol–water partition coefficient (Wildman–Crippen LogP) is -2.15. The number of esters is 1. The fourth-order valence-electron chi connectivity index (χ4n) is 1.46.